The molecule has 0 amide bonds. The molecule has 6 aromatic rings. The van der Waals surface area contributed by atoms with Gasteiger partial charge in [0.25, 0.3) is 0 Å². The lowest BCUT2D eigenvalue weighted by Crippen LogP contribution is -2.43. The van der Waals surface area contributed by atoms with Gasteiger partial charge in [-0.05, 0) is 316 Å². The lowest BCUT2D eigenvalue weighted by Gasteiger charge is -2.35. The number of hydrogen-bond donors (Lipinski definition) is 4. The van der Waals surface area contributed by atoms with Crippen molar-refractivity contribution >= 4 is 29.8 Å². The summed E-state index contributed by atoms with van der Waals surface area (Å²) in [5.41, 5.74) is 4.71. The monoisotopic (exact) mass is 1650 g/mol. The van der Waals surface area contributed by atoms with Gasteiger partial charge in [-0.25, -0.2) is 0 Å². The maximum Gasteiger partial charge on any atom is 0.312 e. The van der Waals surface area contributed by atoms with Crippen molar-refractivity contribution in [2.24, 2.45) is 27.6 Å². The van der Waals surface area contributed by atoms with Gasteiger partial charge in [-0.3, -0.25) is 24.0 Å². The summed E-state index contributed by atoms with van der Waals surface area (Å²) in [5, 5.41) is 36.0. The van der Waals surface area contributed by atoms with E-state index in [-0.39, 0.29) is 69.3 Å². The molecule has 2 aliphatic rings. The molecule has 1 aliphatic carbocycles. The molecule has 4 N–H and O–H groups in total. The van der Waals surface area contributed by atoms with Crippen molar-refractivity contribution in [1.82, 2.24) is 0 Å². The second-order valence-corrected chi connectivity index (χ2v) is 37.0. The molecule has 8 rings (SSSR count). The number of rotatable bonds is 26. The third-order valence-electron chi connectivity index (χ3n) is 23.7. The van der Waals surface area contributed by atoms with Crippen LogP contribution < -0.4 is 4.74 Å². The Morgan fingerprint density at radius 1 is 0.403 bits per heavy atom. The lowest BCUT2D eigenvalue weighted by atomic mass is 9.89. The Morgan fingerprint density at radius 3 is 0.992 bits per heavy atom. The van der Waals surface area contributed by atoms with Crippen molar-refractivity contribution < 1.29 is 72.8 Å². The molecule has 1 saturated carbocycles. The first-order valence-corrected chi connectivity index (χ1v) is 44.3. The Labute approximate surface area is 722 Å². The molecule has 6 atom stereocenters. The van der Waals surface area contributed by atoms with Crippen LogP contribution in [0, 0.1) is 27.6 Å². The number of benzene rings is 6. The van der Waals surface area contributed by atoms with Crippen LogP contribution in [0.15, 0.2) is 152 Å². The zero-order chi connectivity index (χ0) is 91.3. The minimum atomic E-state index is -0.696. The van der Waals surface area contributed by atoms with Crippen molar-refractivity contribution in [2.45, 2.75) is 376 Å². The van der Waals surface area contributed by atoms with Crippen molar-refractivity contribution in [3.05, 3.63) is 185 Å². The van der Waals surface area contributed by atoms with Crippen LogP contribution in [0.3, 0.4) is 0 Å². The second kappa shape index (κ2) is 54.1. The fraction of sp³-hybridized carbons (Fsp3) is 0.606. The summed E-state index contributed by atoms with van der Waals surface area (Å²) >= 11 is 0. The van der Waals surface area contributed by atoms with Gasteiger partial charge < -0.3 is 48.8 Å². The number of phenols is 4. The van der Waals surface area contributed by atoms with E-state index in [0.29, 0.717) is 84.6 Å². The van der Waals surface area contributed by atoms with Gasteiger partial charge >= 0.3 is 29.8 Å². The third-order valence-corrected chi connectivity index (χ3v) is 23.7. The number of hydrogen-bond acceptors (Lipinski definition) is 15. The zero-order valence-electron chi connectivity index (χ0n) is 79.9. The summed E-state index contributed by atoms with van der Waals surface area (Å²) in [6, 6.07) is 47.9. The molecule has 15 heteroatoms. The first-order valence-electron chi connectivity index (χ1n) is 44.3. The molecule has 0 radical (unpaired) electrons. The zero-order valence-corrected chi connectivity index (χ0v) is 79.9. The number of carbonyl (C=O) groups is 5. The highest BCUT2D eigenvalue weighted by Gasteiger charge is 2.42. The Balaban J connectivity index is 0.00000132. The summed E-state index contributed by atoms with van der Waals surface area (Å²) in [7, 11) is 0. The molecule has 0 aromatic heterocycles. The van der Waals surface area contributed by atoms with E-state index in [1.54, 1.807) is 55.5 Å². The molecule has 6 aromatic carbocycles. The average Bonchev–Trinajstić information content (AvgIpc) is 1.82. The topological polar surface area (TPSA) is 222 Å². The van der Waals surface area contributed by atoms with Crippen molar-refractivity contribution in [2.75, 3.05) is 6.61 Å². The van der Waals surface area contributed by atoms with Crippen LogP contribution in [0.1, 0.15) is 380 Å². The first-order chi connectivity index (χ1) is 55.3. The van der Waals surface area contributed by atoms with Crippen LogP contribution in [-0.4, -0.2) is 79.3 Å². The van der Waals surface area contributed by atoms with Crippen LogP contribution in [0.5, 0.6) is 28.7 Å². The number of ether oxygens (including phenoxy) is 6. The Bertz CT molecular complexity index is 3540. The average molecular weight is 1650 g/mol. The Kier molecular flexibility index (Phi) is 50.3. The van der Waals surface area contributed by atoms with Crippen molar-refractivity contribution in [3.8, 4) is 28.7 Å². The smallest absolute Gasteiger partial charge is 0.312 e. The molecule has 0 bridgehead atoms. The van der Waals surface area contributed by atoms with Gasteiger partial charge in [0.05, 0.1) is 34.7 Å². The van der Waals surface area contributed by atoms with E-state index in [1.165, 1.54) is 47.1 Å². The quantitative estimate of drug-likeness (QED) is 0.0293. The maximum atomic E-state index is 12.0. The van der Waals surface area contributed by atoms with E-state index in [1.807, 2.05) is 176 Å². The molecule has 670 valence electrons. The summed E-state index contributed by atoms with van der Waals surface area (Å²) in [6.45, 7) is 64.0. The van der Waals surface area contributed by atoms with Crippen LogP contribution in [-0.2, 0) is 54.3 Å². The Hall–Kier alpha value is -8.33. The molecular weight excluding hydrogens is 1490 g/mol. The second-order valence-electron chi connectivity index (χ2n) is 37.0. The fourth-order valence-corrected chi connectivity index (χ4v) is 10.8. The van der Waals surface area contributed by atoms with Crippen LogP contribution in [0.4, 0.5) is 0 Å². The fourth-order valence-electron chi connectivity index (χ4n) is 10.8. The van der Waals surface area contributed by atoms with Gasteiger partial charge in [0.2, 0.25) is 0 Å². The van der Waals surface area contributed by atoms with E-state index in [9.17, 15) is 24.0 Å². The molecule has 6 unspecified atom stereocenters. The minimum Gasteiger partial charge on any atom is -0.508 e. The highest BCUT2D eigenvalue weighted by Crippen LogP contribution is 2.39. The number of aromatic hydroxyl groups is 4. The lowest BCUT2D eigenvalue weighted by molar-refractivity contribution is -0.182. The summed E-state index contributed by atoms with van der Waals surface area (Å²) in [5.74, 6) is 4.88. The standard InChI is InChI=1S/C14H22O.C13H24O2.C13H18O2.C12H20O4.C12H24O2.4C10H14O/c1-6-11(2)12-7-9-13(10-8-12)15-14(3,4)5;1-5-12(3,4)11(14)15-13(6-2)9-7-8-10-13;1-4-13(2,3)12(14)15-10-11-8-6-5-7-9-11;1-5-11(2,3)10(14)16-12(4)6-7-15-9(13)8-12;1-8-11(4,5)10(13)14-12(6,7)9(2)3;4*1-3-8(2)9-4-6-10(11)7-5-9/h7-11H,6H2,1-5H3;5-10H2,1-4H3;5-9H,4,10H2,1-3H3;5-8H2,1-4H3;9H,8H2,1-7H3;4*4-8,11H,3H2,1-2H3. The molecule has 2 fully saturated rings. The van der Waals surface area contributed by atoms with E-state index in [4.69, 9.17) is 48.8 Å². The summed E-state index contributed by atoms with van der Waals surface area (Å²) in [6.07, 6.45) is 15.1. The van der Waals surface area contributed by atoms with Crippen LogP contribution in [0.2, 0.25) is 0 Å². The number of phenolic OH excluding ortho intramolecular Hbond substituents is 4. The SMILES string of the molecule is CCC(C)(C)C(=O)OC(C)(C)C(C)C.CCC(C)(C)C(=O)OC1(C)CCOC(=O)C1.CCC(C)(C)C(=O)OCc1ccccc1.CCC(C)c1ccc(O)cc1.CCC(C)c1ccc(O)cc1.CCC(C)c1ccc(O)cc1.CCC(C)c1ccc(O)cc1.CCC(C)c1ccc(OC(C)(C)C)cc1.CCC1(OC(=O)C(C)(C)CC)CCCC1. The Morgan fingerprint density at radius 2 is 0.706 bits per heavy atom. The minimum absolute atomic E-state index is 0.0197. The van der Waals surface area contributed by atoms with Crippen LogP contribution in [0.25, 0.3) is 0 Å². The van der Waals surface area contributed by atoms with Gasteiger partial charge in [-0.1, -0.05) is 209 Å². The summed E-state index contributed by atoms with van der Waals surface area (Å²) < 4.78 is 32.6. The molecule has 1 heterocycles. The highest BCUT2D eigenvalue weighted by atomic mass is 16.6. The van der Waals surface area contributed by atoms with E-state index >= 15 is 0 Å². The van der Waals surface area contributed by atoms with E-state index < -0.39 is 11.0 Å². The van der Waals surface area contributed by atoms with Gasteiger partial charge in [0, 0.05) is 6.42 Å². The van der Waals surface area contributed by atoms with Gasteiger partial charge in [-0.15, -0.1) is 0 Å². The molecule has 1 aliphatic heterocycles. The molecule has 15 nitrogen and oxygen atoms in total. The predicted molar refractivity (Wildman–Crippen MR) is 493 cm³/mol. The maximum absolute atomic E-state index is 12.0. The predicted octanol–water partition coefficient (Wildman–Crippen LogP) is 28.3. The van der Waals surface area contributed by atoms with Gasteiger partial charge in [-0.2, -0.15) is 0 Å². The molecule has 1 saturated heterocycles. The molecule has 119 heavy (non-hydrogen) atoms. The summed E-state index contributed by atoms with van der Waals surface area (Å²) in [4.78, 5) is 58.5. The molecule has 0 spiro atoms. The van der Waals surface area contributed by atoms with Crippen molar-refractivity contribution in [1.29, 1.82) is 0 Å². The number of esters is 5. The molecular formula is C104H164O15. The number of cyclic esters (lactones) is 1. The third kappa shape index (κ3) is 43.6. The van der Waals surface area contributed by atoms with Crippen molar-refractivity contribution in [3.63, 3.8) is 0 Å². The van der Waals surface area contributed by atoms with Gasteiger partial charge in [0.1, 0.15) is 57.8 Å². The first kappa shape index (κ1) is 111. The largest absolute Gasteiger partial charge is 0.508 e. The number of carbonyl (C=O) groups excluding carboxylic acids is 5. The van der Waals surface area contributed by atoms with Gasteiger partial charge in [0.15, 0.2) is 0 Å². The highest BCUT2D eigenvalue weighted by molar-refractivity contribution is 5.78. The van der Waals surface area contributed by atoms with E-state index in [2.05, 4.69) is 135 Å². The van der Waals surface area contributed by atoms with Crippen LogP contribution >= 0.6 is 0 Å². The normalized spacial score (nSPS) is 15.5. The van der Waals surface area contributed by atoms with E-state index in [0.717, 1.165) is 75.5 Å².